The van der Waals surface area contributed by atoms with Crippen molar-refractivity contribution in [1.82, 2.24) is 14.3 Å². The van der Waals surface area contributed by atoms with Gasteiger partial charge in [-0.25, -0.2) is 4.72 Å². The predicted octanol–water partition coefficient (Wildman–Crippen LogP) is 0.790. The average Bonchev–Trinajstić information content (AvgIpc) is 3.21. The molecular formula is C12H25N3O2S2. The zero-order valence-corrected chi connectivity index (χ0v) is 13.2. The van der Waals surface area contributed by atoms with E-state index in [0.29, 0.717) is 19.1 Å². The van der Waals surface area contributed by atoms with E-state index < -0.39 is 10.2 Å². The fourth-order valence-electron chi connectivity index (χ4n) is 2.44. The van der Waals surface area contributed by atoms with Crippen LogP contribution in [-0.2, 0) is 10.2 Å². The van der Waals surface area contributed by atoms with Crippen LogP contribution in [0.15, 0.2) is 0 Å². The van der Waals surface area contributed by atoms with Gasteiger partial charge in [0.1, 0.15) is 0 Å². The summed E-state index contributed by atoms with van der Waals surface area (Å²) < 4.78 is 29.0. The van der Waals surface area contributed by atoms with Gasteiger partial charge in [-0.05, 0) is 31.9 Å². The molecule has 0 bridgehead atoms. The molecule has 2 rings (SSSR count). The van der Waals surface area contributed by atoms with Crippen LogP contribution in [0.5, 0.6) is 0 Å². The van der Waals surface area contributed by atoms with Gasteiger partial charge in [-0.2, -0.15) is 24.5 Å². The number of rotatable bonds is 8. The molecule has 2 aliphatic rings. The Morgan fingerprint density at radius 3 is 2.74 bits per heavy atom. The third-order valence-corrected chi connectivity index (χ3v) is 5.97. The van der Waals surface area contributed by atoms with E-state index >= 15 is 0 Å². The molecule has 0 radical (unpaired) electrons. The molecule has 0 aromatic rings. The maximum atomic E-state index is 12.3. The monoisotopic (exact) mass is 307 g/mol. The second-order valence-electron chi connectivity index (χ2n) is 5.34. The van der Waals surface area contributed by atoms with Crippen LogP contribution in [0.3, 0.4) is 0 Å². The molecule has 1 atom stereocenters. The molecule has 2 fully saturated rings. The summed E-state index contributed by atoms with van der Waals surface area (Å²) in [7, 11) is -3.30. The van der Waals surface area contributed by atoms with Crippen LogP contribution in [0.25, 0.3) is 0 Å². The first-order valence-corrected chi connectivity index (χ1v) is 9.95. The highest BCUT2D eigenvalue weighted by molar-refractivity contribution is 7.98. The van der Waals surface area contributed by atoms with Crippen molar-refractivity contribution in [2.24, 2.45) is 0 Å². The Hall–Kier alpha value is 0.180. The summed E-state index contributed by atoms with van der Waals surface area (Å²) in [6.45, 7) is 1.97. The van der Waals surface area contributed by atoms with E-state index in [4.69, 9.17) is 0 Å². The Morgan fingerprint density at radius 1 is 1.26 bits per heavy atom. The number of nitrogens with one attached hydrogen (secondary N) is 2. The molecule has 1 saturated carbocycles. The smallest absolute Gasteiger partial charge is 0.279 e. The van der Waals surface area contributed by atoms with Crippen molar-refractivity contribution in [2.75, 3.05) is 31.6 Å². The predicted molar refractivity (Wildman–Crippen MR) is 80.7 cm³/mol. The molecule has 5 nitrogen and oxygen atoms in total. The number of thioether (sulfide) groups is 1. The van der Waals surface area contributed by atoms with Crippen molar-refractivity contribution in [3.8, 4) is 0 Å². The highest BCUT2D eigenvalue weighted by Gasteiger charge is 2.33. The SMILES string of the molecule is CSCCNS(=O)(=O)N1CCCCC1CNC1CC1. The zero-order valence-electron chi connectivity index (χ0n) is 11.6. The molecule has 0 aromatic heterocycles. The maximum absolute atomic E-state index is 12.3. The number of hydrogen-bond acceptors (Lipinski definition) is 4. The number of hydrogen-bond donors (Lipinski definition) is 2. The summed E-state index contributed by atoms with van der Waals surface area (Å²) in [5.74, 6) is 0.818. The topological polar surface area (TPSA) is 61.4 Å². The van der Waals surface area contributed by atoms with Crippen LogP contribution in [0, 0.1) is 0 Å². The van der Waals surface area contributed by atoms with E-state index in [2.05, 4.69) is 10.0 Å². The van der Waals surface area contributed by atoms with E-state index in [0.717, 1.165) is 31.6 Å². The van der Waals surface area contributed by atoms with E-state index in [1.807, 2.05) is 6.26 Å². The van der Waals surface area contributed by atoms with Gasteiger partial charge >= 0.3 is 0 Å². The van der Waals surface area contributed by atoms with Gasteiger partial charge in [-0.3, -0.25) is 0 Å². The fraction of sp³-hybridized carbons (Fsp3) is 1.00. The molecule has 19 heavy (non-hydrogen) atoms. The van der Waals surface area contributed by atoms with Crippen LogP contribution in [0.2, 0.25) is 0 Å². The van der Waals surface area contributed by atoms with Gasteiger partial charge < -0.3 is 5.32 Å². The van der Waals surface area contributed by atoms with Gasteiger partial charge in [0.15, 0.2) is 0 Å². The molecule has 2 N–H and O–H groups in total. The summed E-state index contributed by atoms with van der Waals surface area (Å²) in [5.41, 5.74) is 0. The van der Waals surface area contributed by atoms with Crippen molar-refractivity contribution in [3.05, 3.63) is 0 Å². The normalized spacial score (nSPS) is 25.6. The van der Waals surface area contributed by atoms with E-state index in [1.165, 1.54) is 12.8 Å². The molecule has 1 saturated heterocycles. The lowest BCUT2D eigenvalue weighted by atomic mass is 10.1. The highest BCUT2D eigenvalue weighted by atomic mass is 32.2. The van der Waals surface area contributed by atoms with Crippen LogP contribution >= 0.6 is 11.8 Å². The maximum Gasteiger partial charge on any atom is 0.279 e. The van der Waals surface area contributed by atoms with E-state index in [9.17, 15) is 8.42 Å². The Balaban J connectivity index is 1.88. The Bertz CT molecular complexity index is 371. The summed E-state index contributed by atoms with van der Waals surface area (Å²) in [6, 6.07) is 0.761. The van der Waals surface area contributed by atoms with Gasteiger partial charge in [0.2, 0.25) is 0 Å². The molecule has 0 aromatic carbocycles. The lowest BCUT2D eigenvalue weighted by Gasteiger charge is -2.34. The van der Waals surface area contributed by atoms with Crippen LogP contribution < -0.4 is 10.0 Å². The van der Waals surface area contributed by atoms with Crippen LogP contribution in [0.1, 0.15) is 32.1 Å². The molecule has 1 aliphatic heterocycles. The fourth-order valence-corrected chi connectivity index (χ4v) is 4.34. The van der Waals surface area contributed by atoms with Crippen molar-refractivity contribution < 1.29 is 8.42 Å². The minimum atomic E-state index is -3.30. The molecule has 0 spiro atoms. The highest BCUT2D eigenvalue weighted by Crippen LogP contribution is 2.22. The molecule has 7 heteroatoms. The summed E-state index contributed by atoms with van der Waals surface area (Å²) in [5, 5.41) is 3.46. The van der Waals surface area contributed by atoms with Gasteiger partial charge in [-0.15, -0.1) is 0 Å². The van der Waals surface area contributed by atoms with Gasteiger partial charge in [-0.1, -0.05) is 6.42 Å². The summed E-state index contributed by atoms with van der Waals surface area (Å²) in [4.78, 5) is 0. The lowest BCUT2D eigenvalue weighted by molar-refractivity contribution is 0.242. The first-order valence-electron chi connectivity index (χ1n) is 7.12. The van der Waals surface area contributed by atoms with Crippen molar-refractivity contribution in [1.29, 1.82) is 0 Å². The largest absolute Gasteiger partial charge is 0.312 e. The minimum Gasteiger partial charge on any atom is -0.312 e. The second-order valence-corrected chi connectivity index (χ2v) is 8.03. The van der Waals surface area contributed by atoms with Crippen molar-refractivity contribution in [2.45, 2.75) is 44.2 Å². The molecule has 112 valence electrons. The summed E-state index contributed by atoms with van der Waals surface area (Å²) in [6.07, 6.45) is 7.55. The van der Waals surface area contributed by atoms with Crippen molar-refractivity contribution >= 4 is 22.0 Å². The molecule has 0 amide bonds. The molecule has 1 unspecified atom stereocenters. The number of nitrogens with zero attached hydrogens (tertiary/aromatic N) is 1. The first kappa shape index (κ1) is 15.6. The summed E-state index contributed by atoms with van der Waals surface area (Å²) >= 11 is 1.65. The third kappa shape index (κ3) is 4.90. The van der Waals surface area contributed by atoms with Gasteiger partial charge in [0, 0.05) is 37.5 Å². The van der Waals surface area contributed by atoms with Crippen LogP contribution in [0.4, 0.5) is 0 Å². The Labute approximate surface area is 121 Å². The van der Waals surface area contributed by atoms with E-state index in [1.54, 1.807) is 16.1 Å². The molecule has 1 heterocycles. The lowest BCUT2D eigenvalue weighted by Crippen LogP contribution is -2.52. The van der Waals surface area contributed by atoms with Crippen molar-refractivity contribution in [3.63, 3.8) is 0 Å². The van der Waals surface area contributed by atoms with Gasteiger partial charge in [0.25, 0.3) is 10.2 Å². The number of piperidine rings is 1. The quantitative estimate of drug-likeness (QED) is 0.651. The average molecular weight is 307 g/mol. The first-order chi connectivity index (χ1) is 9.13. The zero-order chi connectivity index (χ0) is 13.7. The third-order valence-electron chi connectivity index (χ3n) is 3.69. The standard InChI is InChI=1S/C12H25N3O2S2/c1-18-9-7-14-19(16,17)15-8-3-2-4-12(15)10-13-11-5-6-11/h11-14H,2-10H2,1H3. The Kier molecular flexibility index (Phi) is 5.95. The van der Waals surface area contributed by atoms with Crippen LogP contribution in [-0.4, -0.2) is 56.4 Å². The van der Waals surface area contributed by atoms with E-state index in [-0.39, 0.29) is 6.04 Å². The molecule has 1 aliphatic carbocycles. The minimum absolute atomic E-state index is 0.126. The van der Waals surface area contributed by atoms with Gasteiger partial charge in [0.05, 0.1) is 0 Å². The Morgan fingerprint density at radius 2 is 2.05 bits per heavy atom. The molecular weight excluding hydrogens is 282 g/mol. The second kappa shape index (κ2) is 7.26.